The fourth-order valence-corrected chi connectivity index (χ4v) is 5.25. The number of pyridine rings is 2. The average molecular weight is 482 g/mol. The highest BCUT2D eigenvalue weighted by Crippen LogP contribution is 2.27. The standard InChI is InChI=1S/C28H31N7O/c36-28(31-23-6-7-24(30-17-23)19-35-11-3-4-12-35)27-25-14-21(5-8-26(25)32-33-27)22-13-20(15-29-16-22)18-34-9-1-2-10-34/h5-8,13-17H,1-4,9-12,18-19H2,(H,31,36)(H,32,33). The van der Waals surface area contributed by atoms with Crippen LogP contribution in [0.15, 0.2) is 55.0 Å². The number of likely N-dealkylation sites (tertiary alicyclic amines) is 2. The van der Waals surface area contributed by atoms with Crippen LogP contribution in [-0.4, -0.2) is 62.1 Å². The molecule has 4 aromatic rings. The summed E-state index contributed by atoms with van der Waals surface area (Å²) in [4.78, 5) is 27.0. The molecule has 5 heterocycles. The third-order valence-electron chi connectivity index (χ3n) is 7.18. The summed E-state index contributed by atoms with van der Waals surface area (Å²) in [5, 5.41) is 11.0. The summed E-state index contributed by atoms with van der Waals surface area (Å²) in [5.41, 5.74) is 6.14. The Morgan fingerprint density at radius 1 is 0.861 bits per heavy atom. The summed E-state index contributed by atoms with van der Waals surface area (Å²) in [6.07, 6.45) is 10.6. The van der Waals surface area contributed by atoms with E-state index < -0.39 is 0 Å². The molecule has 2 N–H and O–H groups in total. The lowest BCUT2D eigenvalue weighted by molar-refractivity contribution is 0.102. The van der Waals surface area contributed by atoms with Gasteiger partial charge in [-0.2, -0.15) is 5.10 Å². The van der Waals surface area contributed by atoms with E-state index in [-0.39, 0.29) is 5.91 Å². The number of nitrogens with one attached hydrogen (secondary N) is 2. The second kappa shape index (κ2) is 10.2. The molecular formula is C28H31N7O. The molecule has 1 amide bonds. The molecule has 3 aromatic heterocycles. The maximum atomic E-state index is 13.1. The van der Waals surface area contributed by atoms with Crippen molar-refractivity contribution in [3.05, 3.63) is 71.9 Å². The van der Waals surface area contributed by atoms with Gasteiger partial charge in [-0.3, -0.25) is 29.7 Å². The number of carbonyl (C=O) groups is 1. The number of rotatable bonds is 7. The fourth-order valence-electron chi connectivity index (χ4n) is 5.25. The molecule has 0 atom stereocenters. The molecule has 36 heavy (non-hydrogen) atoms. The highest BCUT2D eigenvalue weighted by molar-refractivity contribution is 6.11. The van der Waals surface area contributed by atoms with E-state index in [0.29, 0.717) is 11.4 Å². The van der Waals surface area contributed by atoms with Crippen LogP contribution < -0.4 is 5.32 Å². The highest BCUT2D eigenvalue weighted by Gasteiger charge is 2.17. The summed E-state index contributed by atoms with van der Waals surface area (Å²) in [5.74, 6) is -0.256. The zero-order valence-corrected chi connectivity index (χ0v) is 20.4. The van der Waals surface area contributed by atoms with Gasteiger partial charge in [0.05, 0.1) is 23.1 Å². The SMILES string of the molecule is O=C(Nc1ccc(CN2CCCC2)nc1)c1n[nH]c2ccc(-c3cncc(CN4CCCC4)c3)cc12. The minimum absolute atomic E-state index is 0.256. The molecule has 2 saturated heterocycles. The van der Waals surface area contributed by atoms with Gasteiger partial charge >= 0.3 is 0 Å². The Kier molecular flexibility index (Phi) is 6.44. The Labute approximate surface area is 210 Å². The van der Waals surface area contributed by atoms with Gasteiger partial charge in [-0.1, -0.05) is 6.07 Å². The van der Waals surface area contributed by atoms with Gasteiger partial charge in [-0.25, -0.2) is 0 Å². The summed E-state index contributed by atoms with van der Waals surface area (Å²) in [6, 6.07) is 12.1. The molecule has 0 aliphatic carbocycles. The largest absolute Gasteiger partial charge is 0.319 e. The van der Waals surface area contributed by atoms with Crippen molar-refractivity contribution in [2.75, 3.05) is 31.5 Å². The van der Waals surface area contributed by atoms with Crippen molar-refractivity contribution < 1.29 is 4.79 Å². The first kappa shape index (κ1) is 22.8. The number of fused-ring (bicyclic) bond motifs is 1. The summed E-state index contributed by atoms with van der Waals surface area (Å²) in [7, 11) is 0. The Hall–Kier alpha value is -3.62. The fraction of sp³-hybridized carbons (Fsp3) is 0.357. The van der Waals surface area contributed by atoms with Gasteiger partial charge in [0.2, 0.25) is 0 Å². The topological polar surface area (TPSA) is 90.0 Å². The number of hydrogen-bond acceptors (Lipinski definition) is 6. The monoisotopic (exact) mass is 481 g/mol. The number of hydrogen-bond donors (Lipinski definition) is 2. The van der Waals surface area contributed by atoms with Gasteiger partial charge < -0.3 is 5.32 Å². The first-order valence-electron chi connectivity index (χ1n) is 12.8. The first-order chi connectivity index (χ1) is 17.7. The van der Waals surface area contributed by atoms with Crippen LogP contribution in [0.1, 0.15) is 47.4 Å². The summed E-state index contributed by atoms with van der Waals surface area (Å²) < 4.78 is 0. The number of carbonyl (C=O) groups excluding carboxylic acids is 1. The van der Waals surface area contributed by atoms with Crippen molar-refractivity contribution in [2.45, 2.75) is 38.8 Å². The van der Waals surface area contributed by atoms with Crippen LogP contribution in [-0.2, 0) is 13.1 Å². The highest BCUT2D eigenvalue weighted by atomic mass is 16.1. The van der Waals surface area contributed by atoms with Gasteiger partial charge in [0.1, 0.15) is 0 Å². The van der Waals surface area contributed by atoms with E-state index >= 15 is 0 Å². The van der Waals surface area contributed by atoms with E-state index in [1.165, 1.54) is 31.2 Å². The smallest absolute Gasteiger partial charge is 0.276 e. The van der Waals surface area contributed by atoms with Crippen LogP contribution in [0.2, 0.25) is 0 Å². The molecule has 184 valence electrons. The molecule has 1 aromatic carbocycles. The number of benzene rings is 1. The second-order valence-electron chi connectivity index (χ2n) is 9.87. The van der Waals surface area contributed by atoms with Crippen LogP contribution in [0.5, 0.6) is 0 Å². The van der Waals surface area contributed by atoms with Crippen molar-refractivity contribution in [1.29, 1.82) is 0 Å². The van der Waals surface area contributed by atoms with E-state index in [4.69, 9.17) is 0 Å². The molecule has 0 spiro atoms. The van der Waals surface area contributed by atoms with Crippen molar-refractivity contribution in [3.8, 4) is 11.1 Å². The van der Waals surface area contributed by atoms with Gasteiger partial charge in [-0.15, -0.1) is 0 Å². The third kappa shape index (κ3) is 5.01. The average Bonchev–Trinajstić information content (AvgIpc) is 3.68. The third-order valence-corrected chi connectivity index (χ3v) is 7.18. The Bertz CT molecular complexity index is 1350. The van der Waals surface area contributed by atoms with E-state index in [1.54, 1.807) is 6.20 Å². The van der Waals surface area contributed by atoms with Crippen LogP contribution in [0, 0.1) is 0 Å². The van der Waals surface area contributed by atoms with E-state index in [9.17, 15) is 4.79 Å². The zero-order chi connectivity index (χ0) is 24.3. The molecule has 2 aliphatic rings. The Morgan fingerprint density at radius 3 is 2.39 bits per heavy atom. The molecule has 0 saturated carbocycles. The van der Waals surface area contributed by atoms with Gasteiger partial charge in [0, 0.05) is 36.4 Å². The number of aromatic nitrogens is 4. The maximum Gasteiger partial charge on any atom is 0.276 e. The molecule has 8 nitrogen and oxygen atoms in total. The van der Waals surface area contributed by atoms with E-state index in [1.807, 2.05) is 42.7 Å². The van der Waals surface area contributed by atoms with Gasteiger partial charge in [0.15, 0.2) is 5.69 Å². The van der Waals surface area contributed by atoms with Crippen LogP contribution in [0.3, 0.4) is 0 Å². The van der Waals surface area contributed by atoms with Crippen molar-refractivity contribution in [3.63, 3.8) is 0 Å². The molecule has 0 unspecified atom stereocenters. The summed E-state index contributed by atoms with van der Waals surface area (Å²) >= 11 is 0. The number of amides is 1. The predicted molar refractivity (Wildman–Crippen MR) is 141 cm³/mol. The molecule has 2 fully saturated rings. The minimum atomic E-state index is -0.256. The van der Waals surface area contributed by atoms with Gasteiger partial charge in [-0.05, 0) is 93.3 Å². The van der Waals surface area contributed by atoms with Crippen molar-refractivity contribution >= 4 is 22.5 Å². The second-order valence-corrected chi connectivity index (χ2v) is 9.87. The quantitative estimate of drug-likeness (QED) is 0.405. The first-order valence-corrected chi connectivity index (χ1v) is 12.8. The maximum absolute atomic E-state index is 13.1. The van der Waals surface area contributed by atoms with Crippen molar-refractivity contribution in [1.82, 2.24) is 30.0 Å². The number of H-pyrrole nitrogens is 1. The Morgan fingerprint density at radius 2 is 1.64 bits per heavy atom. The lowest BCUT2D eigenvalue weighted by Crippen LogP contribution is -2.19. The van der Waals surface area contributed by atoms with Crippen molar-refractivity contribution in [2.24, 2.45) is 0 Å². The Balaban J connectivity index is 1.18. The molecule has 0 radical (unpaired) electrons. The van der Waals surface area contributed by atoms with Crippen LogP contribution in [0.25, 0.3) is 22.0 Å². The number of nitrogens with zero attached hydrogens (tertiary/aromatic N) is 5. The van der Waals surface area contributed by atoms with E-state index in [0.717, 1.165) is 67.0 Å². The lowest BCUT2D eigenvalue weighted by atomic mass is 10.0. The predicted octanol–water partition coefficient (Wildman–Crippen LogP) is 4.46. The summed E-state index contributed by atoms with van der Waals surface area (Å²) in [6.45, 7) is 6.35. The zero-order valence-electron chi connectivity index (χ0n) is 20.4. The van der Waals surface area contributed by atoms with Crippen LogP contribution >= 0.6 is 0 Å². The molecule has 2 aliphatic heterocycles. The number of aromatic amines is 1. The molecule has 8 heteroatoms. The lowest BCUT2D eigenvalue weighted by Gasteiger charge is -2.14. The molecular weight excluding hydrogens is 450 g/mol. The molecule has 6 rings (SSSR count). The normalized spacial score (nSPS) is 16.7. The minimum Gasteiger partial charge on any atom is -0.319 e. The van der Waals surface area contributed by atoms with E-state index in [2.05, 4.69) is 41.3 Å². The molecule has 0 bridgehead atoms. The number of anilines is 1. The van der Waals surface area contributed by atoms with Crippen LogP contribution in [0.4, 0.5) is 5.69 Å². The van der Waals surface area contributed by atoms with Gasteiger partial charge in [0.25, 0.3) is 5.91 Å².